The van der Waals surface area contributed by atoms with Crippen molar-refractivity contribution in [1.29, 1.82) is 0 Å². The molecule has 3 aliphatic carbocycles. The molecule has 0 bridgehead atoms. The molecule has 1 aromatic heterocycles. The van der Waals surface area contributed by atoms with Gasteiger partial charge in [0.15, 0.2) is 0 Å². The molecule has 4 fully saturated rings. The Hall–Kier alpha value is -1.64. The maximum absolute atomic E-state index is 6.33. The number of nitrogen functional groups attached to an aromatic ring is 1. The van der Waals surface area contributed by atoms with E-state index in [2.05, 4.69) is 37.7 Å². The van der Waals surface area contributed by atoms with E-state index in [1.54, 1.807) is 0 Å². The van der Waals surface area contributed by atoms with Crippen molar-refractivity contribution in [3.8, 4) is 0 Å². The summed E-state index contributed by atoms with van der Waals surface area (Å²) in [5, 5.41) is 11.1. The molecule has 1 aliphatic heterocycles. The van der Waals surface area contributed by atoms with Crippen LogP contribution in [-0.4, -0.2) is 78.8 Å². The lowest BCUT2D eigenvalue weighted by Gasteiger charge is -2.53. The fourth-order valence-electron chi connectivity index (χ4n) is 8.29. The molecule has 1 spiro atoms. The molecule has 0 radical (unpaired) electrons. The number of anilines is 3. The van der Waals surface area contributed by atoms with Crippen LogP contribution in [0.2, 0.25) is 0 Å². The summed E-state index contributed by atoms with van der Waals surface area (Å²) in [7, 11) is 0. The highest BCUT2D eigenvalue weighted by molar-refractivity contribution is 5.52. The Morgan fingerprint density at radius 1 is 0.857 bits per heavy atom. The van der Waals surface area contributed by atoms with Crippen molar-refractivity contribution < 1.29 is 0 Å². The Bertz CT molecular complexity index is 905. The number of unbranched alkanes of at least 4 members (excludes halogenated alkanes) is 1. The van der Waals surface area contributed by atoms with Crippen LogP contribution >= 0.6 is 0 Å². The first-order chi connectivity index (χ1) is 20.6. The molecule has 2 heterocycles. The molecule has 3 saturated carbocycles. The molecular weight excluding hydrogens is 520 g/mol. The summed E-state index contributed by atoms with van der Waals surface area (Å²) in [6.45, 7) is 11.2. The van der Waals surface area contributed by atoms with Crippen LogP contribution in [0.25, 0.3) is 0 Å². The summed E-state index contributed by atoms with van der Waals surface area (Å²) >= 11 is 0. The van der Waals surface area contributed by atoms with Crippen LogP contribution < -0.4 is 26.6 Å². The van der Waals surface area contributed by atoms with Crippen LogP contribution in [0.4, 0.5) is 17.6 Å². The van der Waals surface area contributed by atoms with Gasteiger partial charge in [0.25, 0.3) is 0 Å². The Kier molecular flexibility index (Phi) is 12.4. The zero-order valence-electron chi connectivity index (χ0n) is 26.9. The van der Waals surface area contributed by atoms with Gasteiger partial charge in [0.2, 0.25) is 5.95 Å². The van der Waals surface area contributed by atoms with E-state index in [0.29, 0.717) is 23.2 Å². The molecule has 5 N–H and O–H groups in total. The van der Waals surface area contributed by atoms with E-state index in [-0.39, 0.29) is 0 Å². The number of nitrogens with one attached hydrogen (secondary N) is 3. The summed E-state index contributed by atoms with van der Waals surface area (Å²) in [6.07, 6.45) is 22.8. The predicted molar refractivity (Wildman–Crippen MR) is 177 cm³/mol. The maximum Gasteiger partial charge on any atom is 0.226 e. The maximum atomic E-state index is 6.33. The van der Waals surface area contributed by atoms with Gasteiger partial charge in [-0.25, -0.2) is 0 Å². The first-order valence-electron chi connectivity index (χ1n) is 18.0. The number of rotatable bonds is 14. The SMILES string of the molecule is CCCCN1CCN(c2cc(N)nc(NC[C@H]3CC[C@H](CNCCCNC4CCCCC4)CC3)n2)CC12CCCCC2. The molecule has 0 aromatic carbocycles. The normalized spacial score (nSPS) is 25.6. The van der Waals surface area contributed by atoms with Crippen molar-refractivity contribution in [3.63, 3.8) is 0 Å². The third-order valence-electron chi connectivity index (χ3n) is 10.9. The van der Waals surface area contributed by atoms with Crippen molar-refractivity contribution >= 4 is 17.6 Å². The van der Waals surface area contributed by atoms with E-state index in [9.17, 15) is 0 Å². The molecule has 42 heavy (non-hydrogen) atoms. The Balaban J connectivity index is 1.02. The smallest absolute Gasteiger partial charge is 0.226 e. The van der Waals surface area contributed by atoms with Crippen LogP contribution in [0.5, 0.6) is 0 Å². The van der Waals surface area contributed by atoms with Crippen LogP contribution in [0.3, 0.4) is 0 Å². The van der Waals surface area contributed by atoms with E-state index in [1.165, 1.54) is 129 Å². The minimum Gasteiger partial charge on any atom is -0.383 e. The van der Waals surface area contributed by atoms with Gasteiger partial charge in [0.05, 0.1) is 0 Å². The van der Waals surface area contributed by atoms with Gasteiger partial charge in [-0.2, -0.15) is 9.97 Å². The van der Waals surface area contributed by atoms with E-state index < -0.39 is 0 Å². The van der Waals surface area contributed by atoms with Gasteiger partial charge in [-0.3, -0.25) is 4.90 Å². The lowest BCUT2D eigenvalue weighted by Crippen LogP contribution is -2.63. The van der Waals surface area contributed by atoms with Gasteiger partial charge in [-0.15, -0.1) is 0 Å². The molecule has 0 atom stereocenters. The van der Waals surface area contributed by atoms with Crippen LogP contribution in [0, 0.1) is 11.8 Å². The van der Waals surface area contributed by atoms with Crippen molar-refractivity contribution in [3.05, 3.63) is 6.07 Å². The van der Waals surface area contributed by atoms with Gasteiger partial charge in [0.1, 0.15) is 11.6 Å². The third-order valence-corrected chi connectivity index (χ3v) is 10.9. The van der Waals surface area contributed by atoms with E-state index in [1.807, 2.05) is 6.07 Å². The van der Waals surface area contributed by atoms with Crippen molar-refractivity contribution in [2.75, 3.05) is 68.3 Å². The first-order valence-corrected chi connectivity index (χ1v) is 18.0. The second-order valence-corrected chi connectivity index (χ2v) is 14.1. The van der Waals surface area contributed by atoms with Crippen LogP contribution in [-0.2, 0) is 0 Å². The number of nitrogens with zero attached hydrogens (tertiary/aromatic N) is 4. The van der Waals surface area contributed by atoms with Crippen molar-refractivity contribution in [2.24, 2.45) is 11.8 Å². The topological polar surface area (TPSA) is 94.4 Å². The van der Waals surface area contributed by atoms with E-state index >= 15 is 0 Å². The van der Waals surface area contributed by atoms with E-state index in [0.717, 1.165) is 50.5 Å². The number of nitrogens with two attached hydrogens (primary N) is 1. The fourth-order valence-corrected chi connectivity index (χ4v) is 8.29. The van der Waals surface area contributed by atoms with Crippen molar-refractivity contribution in [1.82, 2.24) is 25.5 Å². The highest BCUT2D eigenvalue weighted by Crippen LogP contribution is 2.38. The number of aromatic nitrogens is 2. The molecule has 0 amide bonds. The average Bonchev–Trinajstić information content (AvgIpc) is 3.02. The highest BCUT2D eigenvalue weighted by atomic mass is 15.3. The van der Waals surface area contributed by atoms with Gasteiger partial charge in [-0.05, 0) is 102 Å². The monoisotopic (exact) mass is 583 g/mol. The van der Waals surface area contributed by atoms with Crippen LogP contribution in [0.15, 0.2) is 6.07 Å². The first kappa shape index (κ1) is 31.8. The second kappa shape index (κ2) is 16.4. The lowest BCUT2D eigenvalue weighted by atomic mass is 9.78. The Labute approximate surface area is 256 Å². The minimum absolute atomic E-state index is 0.304. The molecule has 4 aliphatic rings. The predicted octanol–water partition coefficient (Wildman–Crippen LogP) is 5.80. The molecule has 238 valence electrons. The Morgan fingerprint density at radius 3 is 2.36 bits per heavy atom. The minimum atomic E-state index is 0.304. The average molecular weight is 583 g/mol. The summed E-state index contributed by atoms with van der Waals surface area (Å²) < 4.78 is 0. The highest BCUT2D eigenvalue weighted by Gasteiger charge is 2.42. The summed E-state index contributed by atoms with van der Waals surface area (Å²) in [4.78, 5) is 14.9. The van der Waals surface area contributed by atoms with Crippen molar-refractivity contribution in [2.45, 2.75) is 128 Å². The van der Waals surface area contributed by atoms with Crippen LogP contribution in [0.1, 0.15) is 116 Å². The lowest BCUT2D eigenvalue weighted by molar-refractivity contribution is 0.0375. The quantitative estimate of drug-likeness (QED) is 0.204. The molecule has 1 aromatic rings. The largest absolute Gasteiger partial charge is 0.383 e. The number of hydrogen-bond acceptors (Lipinski definition) is 8. The Morgan fingerprint density at radius 2 is 1.60 bits per heavy atom. The molecule has 8 nitrogen and oxygen atoms in total. The molecule has 1 saturated heterocycles. The second-order valence-electron chi connectivity index (χ2n) is 14.1. The summed E-state index contributed by atoms with van der Waals surface area (Å²) in [5.74, 6) is 3.82. The number of piperazine rings is 1. The zero-order chi connectivity index (χ0) is 29.0. The fraction of sp³-hybridized carbons (Fsp3) is 0.882. The third kappa shape index (κ3) is 9.18. The van der Waals surface area contributed by atoms with Gasteiger partial charge >= 0.3 is 0 Å². The molecule has 5 rings (SSSR count). The van der Waals surface area contributed by atoms with Gasteiger partial charge < -0.3 is 26.6 Å². The standard InChI is InChI=1S/C34H62N8/c1-2-3-21-42-23-22-41(27-34(42)17-8-5-9-18-34)32-24-31(35)39-33(40-32)38-26-29-15-13-28(14-16-29)25-36-19-10-20-37-30-11-6-4-7-12-30/h24,28-30,36-37H,2-23,25-27H2,1H3,(H3,35,38,39,40)/t28-,29-. The van der Waals surface area contributed by atoms with E-state index in [4.69, 9.17) is 10.7 Å². The molecule has 8 heteroatoms. The number of hydrogen-bond donors (Lipinski definition) is 4. The van der Waals surface area contributed by atoms with Gasteiger partial charge in [-0.1, -0.05) is 51.9 Å². The summed E-state index contributed by atoms with van der Waals surface area (Å²) in [6, 6.07) is 2.78. The molecular formula is C34H62N8. The molecule has 0 unspecified atom stereocenters. The zero-order valence-corrected chi connectivity index (χ0v) is 26.9. The summed E-state index contributed by atoms with van der Waals surface area (Å²) in [5.41, 5.74) is 6.64. The van der Waals surface area contributed by atoms with Gasteiger partial charge in [0, 0.05) is 43.8 Å².